The Balaban J connectivity index is 1.34. The Hall–Kier alpha value is -2.57. The lowest BCUT2D eigenvalue weighted by Gasteiger charge is -2.44. The standard InChI is InChI=1S/C25H34N4O3/c30-22(26-14-5-2-6-15-26)18-28-19-29(21-10-3-1-4-11-21)25(24(28)32)12-16-27(17-13-25)23(31)20-8-7-9-20/h1,3-4,10-11,20H,2,5-9,12-19H2. The third-order valence-electron chi connectivity index (χ3n) is 7.97. The first-order chi connectivity index (χ1) is 15.6. The van der Waals surface area contributed by atoms with Crippen LogP contribution >= 0.6 is 0 Å². The minimum atomic E-state index is -0.667. The molecule has 1 aromatic carbocycles. The molecule has 7 nitrogen and oxygen atoms in total. The number of benzene rings is 1. The van der Waals surface area contributed by atoms with Crippen LogP contribution in [0.1, 0.15) is 51.4 Å². The van der Waals surface area contributed by atoms with Gasteiger partial charge in [-0.05, 0) is 57.1 Å². The Bertz CT molecular complexity index is 855. The molecule has 172 valence electrons. The molecule has 0 N–H and O–H groups in total. The van der Waals surface area contributed by atoms with Gasteiger partial charge in [-0.3, -0.25) is 14.4 Å². The molecule has 4 aliphatic rings. The van der Waals surface area contributed by atoms with Crippen LogP contribution < -0.4 is 4.90 Å². The second-order valence-corrected chi connectivity index (χ2v) is 9.83. The van der Waals surface area contributed by atoms with Gasteiger partial charge in [-0.1, -0.05) is 24.6 Å². The van der Waals surface area contributed by atoms with Crippen molar-refractivity contribution in [2.45, 2.75) is 56.9 Å². The van der Waals surface area contributed by atoms with Crippen molar-refractivity contribution in [2.24, 2.45) is 5.92 Å². The van der Waals surface area contributed by atoms with Crippen LogP contribution in [0.3, 0.4) is 0 Å². The minimum Gasteiger partial charge on any atom is -0.342 e. The third kappa shape index (κ3) is 3.76. The molecule has 0 aromatic heterocycles. The molecule has 3 amide bonds. The average Bonchev–Trinajstić information content (AvgIpc) is 3.05. The maximum Gasteiger partial charge on any atom is 0.250 e. The molecule has 3 saturated heterocycles. The molecule has 7 heteroatoms. The second-order valence-electron chi connectivity index (χ2n) is 9.83. The number of hydrogen-bond donors (Lipinski definition) is 0. The van der Waals surface area contributed by atoms with Gasteiger partial charge in [-0.15, -0.1) is 0 Å². The third-order valence-corrected chi connectivity index (χ3v) is 7.97. The van der Waals surface area contributed by atoms with E-state index in [1.165, 1.54) is 6.42 Å². The van der Waals surface area contributed by atoms with E-state index in [0.29, 0.717) is 32.6 Å². The summed E-state index contributed by atoms with van der Waals surface area (Å²) in [5, 5.41) is 0. The highest BCUT2D eigenvalue weighted by Gasteiger charge is 2.54. The van der Waals surface area contributed by atoms with Crippen LogP contribution in [0.15, 0.2) is 30.3 Å². The molecule has 1 saturated carbocycles. The molecule has 0 radical (unpaired) electrons. The fourth-order valence-electron chi connectivity index (χ4n) is 5.74. The van der Waals surface area contributed by atoms with E-state index in [1.807, 2.05) is 40.1 Å². The summed E-state index contributed by atoms with van der Waals surface area (Å²) in [5.41, 5.74) is 0.340. The number of piperidine rings is 2. The quantitative estimate of drug-likeness (QED) is 0.725. The lowest BCUT2D eigenvalue weighted by molar-refractivity contribution is -0.144. The summed E-state index contributed by atoms with van der Waals surface area (Å²) in [4.78, 5) is 47.3. The van der Waals surface area contributed by atoms with Crippen LogP contribution in [0.25, 0.3) is 0 Å². The van der Waals surface area contributed by atoms with Crippen LogP contribution in [0.4, 0.5) is 5.69 Å². The van der Waals surface area contributed by atoms with E-state index >= 15 is 0 Å². The number of para-hydroxylation sites is 1. The van der Waals surface area contributed by atoms with Crippen molar-refractivity contribution in [3.05, 3.63) is 30.3 Å². The van der Waals surface area contributed by atoms with Gasteiger partial charge in [0.2, 0.25) is 11.8 Å². The minimum absolute atomic E-state index is 0.0439. The molecule has 1 aliphatic carbocycles. The molecule has 32 heavy (non-hydrogen) atoms. The van der Waals surface area contributed by atoms with Gasteiger partial charge in [0, 0.05) is 37.8 Å². The second kappa shape index (κ2) is 8.75. The summed E-state index contributed by atoms with van der Waals surface area (Å²) in [6.45, 7) is 3.39. The first-order valence-electron chi connectivity index (χ1n) is 12.3. The first-order valence-corrected chi connectivity index (χ1v) is 12.3. The highest BCUT2D eigenvalue weighted by Crippen LogP contribution is 2.40. The SMILES string of the molecule is O=C(CN1CN(c2ccccc2)C2(CCN(C(=O)C3CCC3)CC2)C1=O)N1CCCCC1. The number of anilines is 1. The molecule has 1 spiro atoms. The summed E-state index contributed by atoms with van der Waals surface area (Å²) in [5.74, 6) is 0.551. The molecule has 1 aromatic rings. The molecule has 5 rings (SSSR count). The normalized spacial score (nSPS) is 23.6. The number of hydrogen-bond acceptors (Lipinski definition) is 4. The van der Waals surface area contributed by atoms with Gasteiger partial charge in [0.25, 0.3) is 5.91 Å². The zero-order valence-corrected chi connectivity index (χ0v) is 18.9. The van der Waals surface area contributed by atoms with Crippen LogP contribution in [-0.2, 0) is 14.4 Å². The predicted octanol–water partition coefficient (Wildman–Crippen LogP) is 2.47. The van der Waals surface area contributed by atoms with E-state index in [-0.39, 0.29) is 30.2 Å². The largest absolute Gasteiger partial charge is 0.342 e. The van der Waals surface area contributed by atoms with Gasteiger partial charge in [-0.25, -0.2) is 0 Å². The Morgan fingerprint density at radius 2 is 1.56 bits per heavy atom. The maximum atomic E-state index is 13.8. The molecule has 0 unspecified atom stereocenters. The topological polar surface area (TPSA) is 64.2 Å². The van der Waals surface area contributed by atoms with Gasteiger partial charge >= 0.3 is 0 Å². The zero-order chi connectivity index (χ0) is 22.1. The van der Waals surface area contributed by atoms with E-state index in [9.17, 15) is 14.4 Å². The van der Waals surface area contributed by atoms with Gasteiger partial charge in [0.1, 0.15) is 12.1 Å². The van der Waals surface area contributed by atoms with Crippen molar-refractivity contribution < 1.29 is 14.4 Å². The number of carbonyl (C=O) groups is 3. The summed E-state index contributed by atoms with van der Waals surface area (Å²) >= 11 is 0. The van der Waals surface area contributed by atoms with Crippen LogP contribution in [-0.4, -0.2) is 77.4 Å². The van der Waals surface area contributed by atoms with Crippen molar-refractivity contribution in [1.82, 2.24) is 14.7 Å². The van der Waals surface area contributed by atoms with Crippen molar-refractivity contribution in [2.75, 3.05) is 44.3 Å². The lowest BCUT2D eigenvalue weighted by Crippen LogP contribution is -2.58. The predicted molar refractivity (Wildman–Crippen MR) is 122 cm³/mol. The van der Waals surface area contributed by atoms with E-state index < -0.39 is 5.54 Å². The van der Waals surface area contributed by atoms with Crippen LogP contribution in [0.5, 0.6) is 0 Å². The molecular formula is C25H34N4O3. The van der Waals surface area contributed by atoms with Crippen molar-refractivity contribution >= 4 is 23.4 Å². The van der Waals surface area contributed by atoms with Crippen LogP contribution in [0.2, 0.25) is 0 Å². The molecule has 0 atom stereocenters. The van der Waals surface area contributed by atoms with Gasteiger partial charge in [0.05, 0.1) is 6.67 Å². The summed E-state index contributed by atoms with van der Waals surface area (Å²) < 4.78 is 0. The Labute approximate surface area is 190 Å². The summed E-state index contributed by atoms with van der Waals surface area (Å²) in [6.07, 6.45) is 7.65. The van der Waals surface area contributed by atoms with E-state index in [1.54, 1.807) is 4.90 Å². The fourth-order valence-corrected chi connectivity index (χ4v) is 5.74. The van der Waals surface area contributed by atoms with E-state index in [0.717, 1.165) is 50.9 Å². The smallest absolute Gasteiger partial charge is 0.250 e. The highest BCUT2D eigenvalue weighted by atomic mass is 16.2. The first kappa shape index (κ1) is 21.3. The molecule has 4 fully saturated rings. The number of nitrogens with zero attached hydrogens (tertiary/aromatic N) is 4. The zero-order valence-electron chi connectivity index (χ0n) is 18.9. The van der Waals surface area contributed by atoms with Crippen molar-refractivity contribution in [1.29, 1.82) is 0 Å². The van der Waals surface area contributed by atoms with Gasteiger partial charge in [0.15, 0.2) is 0 Å². The number of amides is 3. The van der Waals surface area contributed by atoms with Crippen LogP contribution in [0, 0.1) is 5.92 Å². The molecular weight excluding hydrogens is 404 g/mol. The monoisotopic (exact) mass is 438 g/mol. The molecule has 3 heterocycles. The number of likely N-dealkylation sites (tertiary alicyclic amines) is 2. The maximum absolute atomic E-state index is 13.8. The number of carbonyl (C=O) groups excluding carboxylic acids is 3. The van der Waals surface area contributed by atoms with Gasteiger partial charge < -0.3 is 19.6 Å². The highest BCUT2D eigenvalue weighted by molar-refractivity contribution is 5.96. The molecule has 3 aliphatic heterocycles. The van der Waals surface area contributed by atoms with E-state index in [2.05, 4.69) is 4.90 Å². The average molecular weight is 439 g/mol. The summed E-state index contributed by atoms with van der Waals surface area (Å²) in [7, 11) is 0. The Kier molecular flexibility index (Phi) is 5.82. The fraction of sp³-hybridized carbons (Fsp3) is 0.640. The Morgan fingerprint density at radius 3 is 2.19 bits per heavy atom. The molecule has 0 bridgehead atoms. The van der Waals surface area contributed by atoms with E-state index in [4.69, 9.17) is 0 Å². The van der Waals surface area contributed by atoms with Gasteiger partial charge in [-0.2, -0.15) is 0 Å². The van der Waals surface area contributed by atoms with Crippen molar-refractivity contribution in [3.8, 4) is 0 Å². The van der Waals surface area contributed by atoms with Crippen molar-refractivity contribution in [3.63, 3.8) is 0 Å². The number of rotatable bonds is 4. The summed E-state index contributed by atoms with van der Waals surface area (Å²) in [6, 6.07) is 10.0. The lowest BCUT2D eigenvalue weighted by atomic mass is 9.81. The Morgan fingerprint density at radius 1 is 0.875 bits per heavy atom.